The molecule has 17 heavy (non-hydrogen) atoms. The van der Waals surface area contributed by atoms with Crippen LogP contribution in [0.4, 0.5) is 5.82 Å². The van der Waals surface area contributed by atoms with Gasteiger partial charge in [-0.1, -0.05) is 6.07 Å². The number of fused-ring (bicyclic) bond motifs is 1. The summed E-state index contributed by atoms with van der Waals surface area (Å²) in [6.07, 6.45) is 7.65. The maximum absolute atomic E-state index is 4.28. The average Bonchev–Trinajstić information content (AvgIpc) is 2.99. The molecule has 2 aromatic heterocycles. The quantitative estimate of drug-likeness (QED) is 0.842. The van der Waals surface area contributed by atoms with E-state index >= 15 is 0 Å². The Morgan fingerprint density at radius 1 is 1.47 bits per heavy atom. The molecule has 0 bridgehead atoms. The SMILES string of the molecule is c1cc(NCCC2CCCN2)n2ccnc2c1. The van der Waals surface area contributed by atoms with Crippen LogP contribution >= 0.6 is 0 Å². The molecule has 3 heterocycles. The van der Waals surface area contributed by atoms with E-state index in [4.69, 9.17) is 0 Å². The molecule has 1 saturated heterocycles. The van der Waals surface area contributed by atoms with E-state index in [0.29, 0.717) is 6.04 Å². The Morgan fingerprint density at radius 3 is 3.35 bits per heavy atom. The molecule has 1 unspecified atom stereocenters. The van der Waals surface area contributed by atoms with Gasteiger partial charge in [-0.3, -0.25) is 4.40 Å². The molecule has 0 amide bonds. The molecular formula is C13H18N4. The highest BCUT2D eigenvalue weighted by atomic mass is 15.1. The number of hydrogen-bond donors (Lipinski definition) is 2. The van der Waals surface area contributed by atoms with Gasteiger partial charge in [-0.25, -0.2) is 4.98 Å². The first kappa shape index (κ1) is 10.6. The van der Waals surface area contributed by atoms with Gasteiger partial charge in [-0.05, 0) is 37.9 Å². The third kappa shape index (κ3) is 2.26. The van der Waals surface area contributed by atoms with Crippen molar-refractivity contribution in [3.8, 4) is 0 Å². The zero-order chi connectivity index (χ0) is 11.5. The van der Waals surface area contributed by atoms with Crippen molar-refractivity contribution in [1.29, 1.82) is 0 Å². The van der Waals surface area contributed by atoms with Gasteiger partial charge in [-0.2, -0.15) is 0 Å². The van der Waals surface area contributed by atoms with Crippen molar-refractivity contribution in [3.05, 3.63) is 30.6 Å². The molecule has 0 aromatic carbocycles. The Hall–Kier alpha value is -1.55. The fraction of sp³-hybridized carbons (Fsp3) is 0.462. The first-order valence-electron chi connectivity index (χ1n) is 6.33. The lowest BCUT2D eigenvalue weighted by Gasteiger charge is -2.12. The van der Waals surface area contributed by atoms with Crippen LogP contribution in [0, 0.1) is 0 Å². The predicted molar refractivity (Wildman–Crippen MR) is 69.3 cm³/mol. The van der Waals surface area contributed by atoms with Gasteiger partial charge >= 0.3 is 0 Å². The molecule has 3 rings (SSSR count). The Morgan fingerprint density at radius 2 is 2.47 bits per heavy atom. The highest BCUT2D eigenvalue weighted by Gasteiger charge is 2.12. The topological polar surface area (TPSA) is 41.4 Å². The second-order valence-corrected chi connectivity index (χ2v) is 4.58. The van der Waals surface area contributed by atoms with Gasteiger partial charge in [0.05, 0.1) is 0 Å². The van der Waals surface area contributed by atoms with Crippen LogP contribution in [0.1, 0.15) is 19.3 Å². The molecule has 4 nitrogen and oxygen atoms in total. The Balaban J connectivity index is 1.62. The molecular weight excluding hydrogens is 212 g/mol. The van der Waals surface area contributed by atoms with Crippen LogP contribution in [0.15, 0.2) is 30.6 Å². The van der Waals surface area contributed by atoms with Gasteiger partial charge in [0.2, 0.25) is 0 Å². The molecule has 2 N–H and O–H groups in total. The minimum atomic E-state index is 0.699. The van der Waals surface area contributed by atoms with Crippen LogP contribution in [-0.4, -0.2) is 28.5 Å². The van der Waals surface area contributed by atoms with Crippen molar-refractivity contribution in [1.82, 2.24) is 14.7 Å². The highest BCUT2D eigenvalue weighted by Crippen LogP contribution is 2.12. The second-order valence-electron chi connectivity index (χ2n) is 4.58. The first-order chi connectivity index (χ1) is 8.43. The molecule has 1 fully saturated rings. The summed E-state index contributed by atoms with van der Waals surface area (Å²) >= 11 is 0. The van der Waals surface area contributed by atoms with Crippen molar-refractivity contribution in [3.63, 3.8) is 0 Å². The number of imidazole rings is 1. The van der Waals surface area contributed by atoms with Crippen LogP contribution in [0.5, 0.6) is 0 Å². The van der Waals surface area contributed by atoms with Crippen molar-refractivity contribution < 1.29 is 0 Å². The van der Waals surface area contributed by atoms with Gasteiger partial charge in [0.1, 0.15) is 11.5 Å². The zero-order valence-corrected chi connectivity index (χ0v) is 9.89. The smallest absolute Gasteiger partial charge is 0.138 e. The zero-order valence-electron chi connectivity index (χ0n) is 9.89. The molecule has 0 spiro atoms. The normalized spacial score (nSPS) is 19.9. The van der Waals surface area contributed by atoms with Gasteiger partial charge in [0.15, 0.2) is 0 Å². The Kier molecular flexibility index (Phi) is 2.96. The van der Waals surface area contributed by atoms with Crippen LogP contribution in [-0.2, 0) is 0 Å². The summed E-state index contributed by atoms with van der Waals surface area (Å²) in [4.78, 5) is 4.28. The molecule has 1 aliphatic heterocycles. The molecule has 0 radical (unpaired) electrons. The van der Waals surface area contributed by atoms with E-state index in [1.807, 2.05) is 24.5 Å². The molecule has 1 aliphatic rings. The lowest BCUT2D eigenvalue weighted by Crippen LogP contribution is -2.24. The molecule has 90 valence electrons. The Labute approximate surface area is 101 Å². The number of anilines is 1. The van der Waals surface area contributed by atoms with Gasteiger partial charge in [0.25, 0.3) is 0 Å². The van der Waals surface area contributed by atoms with Gasteiger partial charge < -0.3 is 10.6 Å². The van der Waals surface area contributed by atoms with E-state index in [2.05, 4.69) is 26.1 Å². The third-order valence-electron chi connectivity index (χ3n) is 3.39. The summed E-state index contributed by atoms with van der Waals surface area (Å²) in [5.74, 6) is 1.12. The van der Waals surface area contributed by atoms with E-state index in [9.17, 15) is 0 Å². The van der Waals surface area contributed by atoms with Crippen LogP contribution in [0.2, 0.25) is 0 Å². The summed E-state index contributed by atoms with van der Waals surface area (Å²) in [5.41, 5.74) is 0.994. The number of nitrogens with zero attached hydrogens (tertiary/aromatic N) is 2. The van der Waals surface area contributed by atoms with E-state index in [1.165, 1.54) is 25.8 Å². The standard InChI is InChI=1S/C13H18N4/c1-4-12(17-10-9-16-13(17)5-1)15-8-6-11-3-2-7-14-11/h1,4-5,9-11,14-15H,2-3,6-8H2. The predicted octanol–water partition coefficient (Wildman–Crippen LogP) is 1.89. The van der Waals surface area contributed by atoms with Gasteiger partial charge in [0, 0.05) is 25.0 Å². The number of nitrogens with one attached hydrogen (secondary N) is 2. The van der Waals surface area contributed by atoms with Crippen LogP contribution < -0.4 is 10.6 Å². The maximum atomic E-state index is 4.28. The number of aromatic nitrogens is 2. The van der Waals surface area contributed by atoms with E-state index < -0.39 is 0 Å². The van der Waals surface area contributed by atoms with Gasteiger partial charge in [-0.15, -0.1) is 0 Å². The van der Waals surface area contributed by atoms with E-state index in [1.54, 1.807) is 0 Å². The minimum absolute atomic E-state index is 0.699. The minimum Gasteiger partial charge on any atom is -0.371 e. The molecule has 0 aliphatic carbocycles. The van der Waals surface area contributed by atoms with Crippen LogP contribution in [0.25, 0.3) is 5.65 Å². The number of pyridine rings is 1. The van der Waals surface area contributed by atoms with Crippen molar-refractivity contribution >= 4 is 11.5 Å². The summed E-state index contributed by atoms with van der Waals surface area (Å²) < 4.78 is 2.09. The van der Waals surface area contributed by atoms with Crippen molar-refractivity contribution in [2.45, 2.75) is 25.3 Å². The lowest BCUT2D eigenvalue weighted by molar-refractivity contribution is 0.574. The fourth-order valence-electron chi connectivity index (χ4n) is 2.47. The summed E-state index contributed by atoms with van der Waals surface area (Å²) in [5, 5.41) is 7.00. The largest absolute Gasteiger partial charge is 0.371 e. The maximum Gasteiger partial charge on any atom is 0.138 e. The number of rotatable bonds is 4. The molecule has 2 aromatic rings. The third-order valence-corrected chi connectivity index (χ3v) is 3.39. The number of hydrogen-bond acceptors (Lipinski definition) is 3. The first-order valence-corrected chi connectivity index (χ1v) is 6.33. The fourth-order valence-corrected chi connectivity index (χ4v) is 2.47. The van der Waals surface area contributed by atoms with Crippen LogP contribution in [0.3, 0.4) is 0 Å². The monoisotopic (exact) mass is 230 g/mol. The van der Waals surface area contributed by atoms with Crippen molar-refractivity contribution in [2.24, 2.45) is 0 Å². The van der Waals surface area contributed by atoms with Crippen molar-refractivity contribution in [2.75, 3.05) is 18.4 Å². The highest BCUT2D eigenvalue weighted by molar-refractivity contribution is 5.49. The summed E-state index contributed by atoms with van der Waals surface area (Å²) in [6, 6.07) is 6.85. The lowest BCUT2D eigenvalue weighted by atomic mass is 10.1. The molecule has 4 heteroatoms. The average molecular weight is 230 g/mol. The molecule has 0 saturated carbocycles. The van der Waals surface area contributed by atoms with E-state index in [0.717, 1.165) is 18.0 Å². The summed E-state index contributed by atoms with van der Waals surface area (Å²) in [6.45, 7) is 2.19. The Bertz CT molecular complexity index is 485. The van der Waals surface area contributed by atoms with E-state index in [-0.39, 0.29) is 0 Å². The summed E-state index contributed by atoms with van der Waals surface area (Å²) in [7, 11) is 0. The second kappa shape index (κ2) is 4.75. The molecule has 1 atom stereocenters.